The number of anilines is 2. The third kappa shape index (κ3) is 3.56. The summed E-state index contributed by atoms with van der Waals surface area (Å²) in [5.74, 6) is 0.285. The van der Waals surface area contributed by atoms with Crippen molar-refractivity contribution in [2.45, 2.75) is 13.3 Å². The summed E-state index contributed by atoms with van der Waals surface area (Å²) in [6.45, 7) is 3.09. The third-order valence-corrected chi connectivity index (χ3v) is 2.13. The minimum Gasteiger partial charge on any atom is -0.367 e. The molecule has 0 aromatic carbocycles. The number of nitrogens with zero attached hydrogens (tertiary/aromatic N) is 2. The maximum atomic E-state index is 11.0. The lowest BCUT2D eigenvalue weighted by atomic mass is 10.4. The molecule has 0 spiro atoms. The smallest absolute Gasteiger partial charge is 0.233 e. The summed E-state index contributed by atoms with van der Waals surface area (Å²) in [4.78, 5) is 14.9. The number of aromatic nitrogens is 2. The molecule has 0 unspecified atom stereocenters. The van der Waals surface area contributed by atoms with E-state index in [1.807, 2.05) is 6.92 Å². The standard InChI is InChI=1S/C7H13N5OS/c1-2-9-5(13)3-4-10-7-11-6(8)12-14-7/h2-4H2,1H3,(H,9,13)(H3,8,10,11,12). The number of nitrogens with two attached hydrogens (primary N) is 1. The second kappa shape index (κ2) is 5.38. The Morgan fingerprint density at radius 2 is 2.43 bits per heavy atom. The number of nitrogens with one attached hydrogen (secondary N) is 2. The lowest BCUT2D eigenvalue weighted by molar-refractivity contribution is -0.120. The van der Waals surface area contributed by atoms with Crippen molar-refractivity contribution in [3.05, 3.63) is 0 Å². The van der Waals surface area contributed by atoms with Gasteiger partial charge in [-0.25, -0.2) is 0 Å². The number of rotatable bonds is 5. The summed E-state index contributed by atoms with van der Waals surface area (Å²) in [5, 5.41) is 6.30. The van der Waals surface area contributed by atoms with Crippen LogP contribution in [0.2, 0.25) is 0 Å². The van der Waals surface area contributed by atoms with Crippen LogP contribution in [0.3, 0.4) is 0 Å². The average molecular weight is 215 g/mol. The van der Waals surface area contributed by atoms with Crippen LogP contribution in [0.15, 0.2) is 0 Å². The fraction of sp³-hybridized carbons (Fsp3) is 0.571. The molecule has 1 heterocycles. The van der Waals surface area contributed by atoms with Crippen molar-refractivity contribution >= 4 is 28.5 Å². The zero-order valence-corrected chi connectivity index (χ0v) is 8.73. The van der Waals surface area contributed by atoms with Crippen LogP contribution in [0.5, 0.6) is 0 Å². The van der Waals surface area contributed by atoms with E-state index in [0.29, 0.717) is 24.6 Å². The molecule has 7 heteroatoms. The Bertz CT molecular complexity index is 300. The fourth-order valence-electron chi connectivity index (χ4n) is 0.875. The monoisotopic (exact) mass is 215 g/mol. The van der Waals surface area contributed by atoms with Gasteiger partial charge in [0.05, 0.1) is 0 Å². The molecule has 14 heavy (non-hydrogen) atoms. The largest absolute Gasteiger partial charge is 0.367 e. The first kappa shape index (κ1) is 10.7. The second-order valence-corrected chi connectivity index (χ2v) is 3.34. The number of hydrogen-bond donors (Lipinski definition) is 3. The van der Waals surface area contributed by atoms with Gasteiger partial charge in [-0.15, -0.1) is 0 Å². The van der Waals surface area contributed by atoms with Gasteiger partial charge in [0, 0.05) is 31.0 Å². The first-order valence-electron chi connectivity index (χ1n) is 4.32. The van der Waals surface area contributed by atoms with Crippen molar-refractivity contribution < 1.29 is 4.79 Å². The Balaban J connectivity index is 2.18. The van der Waals surface area contributed by atoms with Crippen LogP contribution in [0.1, 0.15) is 13.3 Å². The number of amides is 1. The molecule has 1 rings (SSSR count). The SMILES string of the molecule is CCNC(=O)CCNc1nc(N)ns1. The van der Waals surface area contributed by atoms with Gasteiger partial charge in [-0.2, -0.15) is 9.36 Å². The molecule has 6 nitrogen and oxygen atoms in total. The van der Waals surface area contributed by atoms with Gasteiger partial charge in [-0.1, -0.05) is 0 Å². The summed E-state index contributed by atoms with van der Waals surface area (Å²) < 4.78 is 3.80. The van der Waals surface area contributed by atoms with E-state index in [9.17, 15) is 4.79 Å². The van der Waals surface area contributed by atoms with Gasteiger partial charge in [0.15, 0.2) is 0 Å². The van der Waals surface area contributed by atoms with Crippen molar-refractivity contribution in [2.24, 2.45) is 0 Å². The molecule has 0 aliphatic carbocycles. The van der Waals surface area contributed by atoms with Crippen molar-refractivity contribution in [2.75, 3.05) is 24.1 Å². The van der Waals surface area contributed by atoms with Gasteiger partial charge in [-0.3, -0.25) is 4.79 Å². The number of carbonyl (C=O) groups is 1. The van der Waals surface area contributed by atoms with Crippen LogP contribution in [0.4, 0.5) is 11.1 Å². The number of hydrogen-bond acceptors (Lipinski definition) is 6. The zero-order chi connectivity index (χ0) is 10.4. The molecule has 0 aliphatic heterocycles. The molecular formula is C7H13N5OS. The minimum atomic E-state index is 0.0255. The van der Waals surface area contributed by atoms with E-state index in [-0.39, 0.29) is 11.9 Å². The van der Waals surface area contributed by atoms with E-state index < -0.39 is 0 Å². The summed E-state index contributed by atoms with van der Waals surface area (Å²) in [7, 11) is 0. The summed E-state index contributed by atoms with van der Waals surface area (Å²) in [5.41, 5.74) is 5.33. The van der Waals surface area contributed by atoms with Crippen LogP contribution in [-0.2, 0) is 4.79 Å². The Labute approximate surface area is 86.1 Å². The van der Waals surface area contributed by atoms with Gasteiger partial charge in [-0.05, 0) is 6.92 Å². The quantitative estimate of drug-likeness (QED) is 0.645. The number of nitrogen functional groups attached to an aromatic ring is 1. The summed E-state index contributed by atoms with van der Waals surface area (Å²) in [6, 6.07) is 0. The van der Waals surface area contributed by atoms with Crippen LogP contribution < -0.4 is 16.4 Å². The topological polar surface area (TPSA) is 92.9 Å². The van der Waals surface area contributed by atoms with Crippen molar-refractivity contribution in [1.29, 1.82) is 0 Å². The van der Waals surface area contributed by atoms with E-state index in [4.69, 9.17) is 5.73 Å². The fourth-order valence-corrected chi connectivity index (χ4v) is 1.40. The Kier molecular flexibility index (Phi) is 4.11. The Hall–Kier alpha value is -1.37. The molecule has 0 aliphatic rings. The maximum Gasteiger partial charge on any atom is 0.233 e. The predicted octanol–water partition coefficient (Wildman–Crippen LogP) is 0.0584. The van der Waals surface area contributed by atoms with E-state index in [1.165, 1.54) is 11.5 Å². The molecule has 1 aromatic rings. The highest BCUT2D eigenvalue weighted by molar-refractivity contribution is 7.09. The molecule has 0 fully saturated rings. The lowest BCUT2D eigenvalue weighted by Crippen LogP contribution is -2.24. The van der Waals surface area contributed by atoms with Crippen LogP contribution in [0, 0.1) is 0 Å². The molecule has 1 aromatic heterocycles. The predicted molar refractivity (Wildman–Crippen MR) is 56.1 cm³/mol. The minimum absolute atomic E-state index is 0.0255. The summed E-state index contributed by atoms with van der Waals surface area (Å²) >= 11 is 1.19. The first-order chi connectivity index (χ1) is 6.72. The second-order valence-electron chi connectivity index (χ2n) is 2.59. The third-order valence-electron chi connectivity index (χ3n) is 1.44. The molecule has 0 atom stereocenters. The van der Waals surface area contributed by atoms with Crippen molar-refractivity contribution in [3.8, 4) is 0 Å². The molecule has 1 amide bonds. The molecule has 78 valence electrons. The highest BCUT2D eigenvalue weighted by Crippen LogP contribution is 2.10. The van der Waals surface area contributed by atoms with Crippen molar-refractivity contribution in [3.63, 3.8) is 0 Å². The molecule has 0 radical (unpaired) electrons. The van der Waals surface area contributed by atoms with E-state index >= 15 is 0 Å². The lowest BCUT2D eigenvalue weighted by Gasteiger charge is -2.02. The van der Waals surface area contributed by atoms with Gasteiger partial charge in [0.2, 0.25) is 17.0 Å². The summed E-state index contributed by atoms with van der Waals surface area (Å²) in [6.07, 6.45) is 0.424. The van der Waals surface area contributed by atoms with Gasteiger partial charge >= 0.3 is 0 Å². The first-order valence-corrected chi connectivity index (χ1v) is 5.09. The Morgan fingerprint density at radius 1 is 1.64 bits per heavy atom. The molecule has 0 bridgehead atoms. The van der Waals surface area contributed by atoms with Gasteiger partial charge in [0.25, 0.3) is 0 Å². The van der Waals surface area contributed by atoms with Crippen LogP contribution in [-0.4, -0.2) is 28.4 Å². The normalized spacial score (nSPS) is 9.79. The van der Waals surface area contributed by atoms with Crippen LogP contribution in [0.25, 0.3) is 0 Å². The average Bonchev–Trinajstić information content (AvgIpc) is 2.52. The highest BCUT2D eigenvalue weighted by Gasteiger charge is 2.01. The van der Waals surface area contributed by atoms with E-state index in [1.54, 1.807) is 0 Å². The maximum absolute atomic E-state index is 11.0. The van der Waals surface area contributed by atoms with Crippen LogP contribution >= 0.6 is 11.5 Å². The molecule has 0 saturated heterocycles. The van der Waals surface area contributed by atoms with E-state index in [0.717, 1.165) is 0 Å². The highest BCUT2D eigenvalue weighted by atomic mass is 32.1. The van der Waals surface area contributed by atoms with Gasteiger partial charge in [0.1, 0.15) is 0 Å². The van der Waals surface area contributed by atoms with Crippen molar-refractivity contribution in [1.82, 2.24) is 14.7 Å². The molecule has 0 saturated carbocycles. The number of carbonyl (C=O) groups excluding carboxylic acids is 1. The molecule has 4 N–H and O–H groups in total. The Morgan fingerprint density at radius 3 is 3.00 bits per heavy atom. The van der Waals surface area contributed by atoms with Gasteiger partial charge < -0.3 is 16.4 Å². The molecular weight excluding hydrogens is 202 g/mol. The van der Waals surface area contributed by atoms with E-state index in [2.05, 4.69) is 20.0 Å². The zero-order valence-electron chi connectivity index (χ0n) is 7.91.